The number of carbonyl (C=O) groups excluding carboxylic acids is 1. The van der Waals surface area contributed by atoms with Crippen molar-refractivity contribution in [2.45, 2.75) is 6.61 Å². The quantitative estimate of drug-likeness (QED) is 0.738. The Balaban J connectivity index is 1.67. The topological polar surface area (TPSA) is 62.1 Å². The number of hydrogen-bond donors (Lipinski definition) is 1. The standard InChI is InChI=1S/C21H15FN2O2/c22-18-9-7-15(8-10-18)14-26-20-6-2-4-17(12-20)21(25)24-19-5-1-3-16(11-19)13-23/h1-12H,14H2,(H,24,25). The van der Waals surface area contributed by atoms with E-state index in [0.717, 1.165) is 5.56 Å². The van der Waals surface area contributed by atoms with E-state index in [4.69, 9.17) is 10.00 Å². The maximum absolute atomic E-state index is 12.9. The molecule has 0 radical (unpaired) electrons. The van der Waals surface area contributed by atoms with E-state index < -0.39 is 0 Å². The molecule has 4 nitrogen and oxygen atoms in total. The van der Waals surface area contributed by atoms with E-state index in [2.05, 4.69) is 5.32 Å². The molecule has 0 spiro atoms. The van der Waals surface area contributed by atoms with Crippen molar-refractivity contribution >= 4 is 11.6 Å². The molecule has 0 aliphatic heterocycles. The van der Waals surface area contributed by atoms with Gasteiger partial charge in [0, 0.05) is 11.3 Å². The smallest absolute Gasteiger partial charge is 0.255 e. The van der Waals surface area contributed by atoms with Gasteiger partial charge in [-0.05, 0) is 54.1 Å². The lowest BCUT2D eigenvalue weighted by atomic mass is 10.1. The van der Waals surface area contributed by atoms with E-state index in [1.165, 1.54) is 12.1 Å². The van der Waals surface area contributed by atoms with Crippen LogP contribution < -0.4 is 10.1 Å². The zero-order chi connectivity index (χ0) is 18.4. The average molecular weight is 346 g/mol. The zero-order valence-corrected chi connectivity index (χ0v) is 13.8. The predicted octanol–water partition coefficient (Wildman–Crippen LogP) is 4.53. The number of benzene rings is 3. The Bertz CT molecular complexity index is 962. The van der Waals surface area contributed by atoms with Crippen LogP contribution in [0.5, 0.6) is 5.75 Å². The summed E-state index contributed by atoms with van der Waals surface area (Å²) in [7, 11) is 0. The maximum Gasteiger partial charge on any atom is 0.255 e. The third-order valence-corrected chi connectivity index (χ3v) is 3.66. The van der Waals surface area contributed by atoms with Crippen LogP contribution in [0.1, 0.15) is 21.5 Å². The van der Waals surface area contributed by atoms with Crippen molar-refractivity contribution < 1.29 is 13.9 Å². The summed E-state index contributed by atoms with van der Waals surface area (Å²) in [5.41, 5.74) is 2.28. The summed E-state index contributed by atoms with van der Waals surface area (Å²) in [5, 5.41) is 11.7. The molecule has 0 atom stereocenters. The van der Waals surface area contributed by atoms with Gasteiger partial charge in [0.25, 0.3) is 5.91 Å². The molecule has 0 aliphatic rings. The van der Waals surface area contributed by atoms with Gasteiger partial charge in [0.2, 0.25) is 0 Å². The number of rotatable bonds is 5. The van der Waals surface area contributed by atoms with Crippen molar-refractivity contribution in [2.75, 3.05) is 5.32 Å². The van der Waals surface area contributed by atoms with Gasteiger partial charge < -0.3 is 10.1 Å². The van der Waals surface area contributed by atoms with Crippen molar-refractivity contribution in [1.29, 1.82) is 5.26 Å². The van der Waals surface area contributed by atoms with Crippen LogP contribution >= 0.6 is 0 Å². The van der Waals surface area contributed by atoms with Gasteiger partial charge in [-0.1, -0.05) is 24.3 Å². The van der Waals surface area contributed by atoms with E-state index in [1.54, 1.807) is 60.7 Å². The first-order chi connectivity index (χ1) is 12.6. The molecule has 3 rings (SSSR count). The minimum Gasteiger partial charge on any atom is -0.489 e. The molecular weight excluding hydrogens is 331 g/mol. The van der Waals surface area contributed by atoms with E-state index in [9.17, 15) is 9.18 Å². The maximum atomic E-state index is 12.9. The summed E-state index contributed by atoms with van der Waals surface area (Å²) in [6.07, 6.45) is 0. The van der Waals surface area contributed by atoms with Gasteiger partial charge in [-0.15, -0.1) is 0 Å². The molecule has 26 heavy (non-hydrogen) atoms. The lowest BCUT2D eigenvalue weighted by molar-refractivity contribution is 0.102. The minimum atomic E-state index is -0.299. The normalized spacial score (nSPS) is 10.0. The van der Waals surface area contributed by atoms with Crippen LogP contribution in [0, 0.1) is 17.1 Å². The van der Waals surface area contributed by atoms with Gasteiger partial charge in [0.1, 0.15) is 18.2 Å². The van der Waals surface area contributed by atoms with Gasteiger partial charge in [-0.2, -0.15) is 5.26 Å². The van der Waals surface area contributed by atoms with Crippen LogP contribution in [0.3, 0.4) is 0 Å². The number of nitrogens with one attached hydrogen (secondary N) is 1. The lowest BCUT2D eigenvalue weighted by Gasteiger charge is -2.09. The Morgan fingerprint density at radius 3 is 2.58 bits per heavy atom. The summed E-state index contributed by atoms with van der Waals surface area (Å²) in [6.45, 7) is 0.273. The number of carbonyl (C=O) groups is 1. The third-order valence-electron chi connectivity index (χ3n) is 3.66. The van der Waals surface area contributed by atoms with E-state index in [1.807, 2.05) is 6.07 Å². The molecule has 0 fully saturated rings. The molecule has 5 heteroatoms. The predicted molar refractivity (Wildman–Crippen MR) is 96.3 cm³/mol. The largest absolute Gasteiger partial charge is 0.489 e. The van der Waals surface area contributed by atoms with Gasteiger partial charge in [-0.25, -0.2) is 4.39 Å². The molecule has 0 unspecified atom stereocenters. The Kier molecular flexibility index (Phi) is 5.25. The fourth-order valence-corrected chi connectivity index (χ4v) is 2.34. The molecule has 1 N–H and O–H groups in total. The van der Waals surface area contributed by atoms with Crippen molar-refractivity contribution in [3.8, 4) is 11.8 Å². The third kappa shape index (κ3) is 4.46. The second-order valence-corrected chi connectivity index (χ2v) is 5.59. The molecular formula is C21H15FN2O2. The van der Waals surface area contributed by atoms with Crippen molar-refractivity contribution in [3.05, 3.63) is 95.3 Å². The first-order valence-corrected chi connectivity index (χ1v) is 7.93. The van der Waals surface area contributed by atoms with Gasteiger partial charge >= 0.3 is 0 Å². The molecule has 0 bridgehead atoms. The SMILES string of the molecule is N#Cc1cccc(NC(=O)c2cccc(OCc3ccc(F)cc3)c2)c1. The van der Waals surface area contributed by atoms with Crippen LogP contribution in [0.15, 0.2) is 72.8 Å². The molecule has 1 amide bonds. The molecule has 0 aliphatic carbocycles. The van der Waals surface area contributed by atoms with E-state index in [0.29, 0.717) is 22.6 Å². The molecule has 0 aromatic heterocycles. The number of halogens is 1. The second kappa shape index (κ2) is 7.95. The fourth-order valence-electron chi connectivity index (χ4n) is 2.34. The number of hydrogen-bond acceptors (Lipinski definition) is 3. The summed E-state index contributed by atoms with van der Waals surface area (Å²) in [5.74, 6) is -0.0621. The Labute approximate surface area is 150 Å². The highest BCUT2D eigenvalue weighted by molar-refractivity contribution is 6.04. The molecule has 0 heterocycles. The van der Waals surface area contributed by atoms with Gasteiger partial charge in [-0.3, -0.25) is 4.79 Å². The highest BCUT2D eigenvalue weighted by Crippen LogP contribution is 2.17. The van der Waals surface area contributed by atoms with Crippen LogP contribution in [-0.2, 0) is 6.61 Å². The number of nitrogens with zero attached hydrogens (tertiary/aromatic N) is 1. The number of amides is 1. The van der Waals surface area contributed by atoms with Crippen molar-refractivity contribution in [1.82, 2.24) is 0 Å². The molecule has 3 aromatic rings. The Hall–Kier alpha value is -3.65. The monoisotopic (exact) mass is 346 g/mol. The zero-order valence-electron chi connectivity index (χ0n) is 13.8. The Morgan fingerprint density at radius 2 is 1.81 bits per heavy atom. The summed E-state index contributed by atoms with van der Waals surface area (Å²) >= 11 is 0. The first-order valence-electron chi connectivity index (χ1n) is 7.93. The van der Waals surface area contributed by atoms with Crippen molar-refractivity contribution in [2.24, 2.45) is 0 Å². The summed E-state index contributed by atoms with van der Waals surface area (Å²) in [4.78, 5) is 12.4. The van der Waals surface area contributed by atoms with Crippen molar-refractivity contribution in [3.63, 3.8) is 0 Å². The molecule has 128 valence electrons. The van der Waals surface area contributed by atoms with Crippen LogP contribution in [0.4, 0.5) is 10.1 Å². The van der Waals surface area contributed by atoms with Gasteiger partial charge in [0.05, 0.1) is 11.6 Å². The summed E-state index contributed by atoms with van der Waals surface area (Å²) < 4.78 is 18.6. The van der Waals surface area contributed by atoms with Crippen LogP contribution in [-0.4, -0.2) is 5.91 Å². The fraction of sp³-hybridized carbons (Fsp3) is 0.0476. The molecule has 0 saturated heterocycles. The molecule has 0 saturated carbocycles. The van der Waals surface area contributed by atoms with E-state index in [-0.39, 0.29) is 18.3 Å². The molecule has 3 aromatic carbocycles. The number of ether oxygens (including phenoxy) is 1. The summed E-state index contributed by atoms with van der Waals surface area (Å²) in [6, 6.07) is 21.5. The number of nitriles is 1. The minimum absolute atomic E-state index is 0.273. The highest BCUT2D eigenvalue weighted by atomic mass is 19.1. The van der Waals surface area contributed by atoms with Crippen LogP contribution in [0.2, 0.25) is 0 Å². The van der Waals surface area contributed by atoms with Gasteiger partial charge in [0.15, 0.2) is 0 Å². The number of anilines is 1. The van der Waals surface area contributed by atoms with Crippen LogP contribution in [0.25, 0.3) is 0 Å². The Morgan fingerprint density at radius 1 is 1.04 bits per heavy atom. The van der Waals surface area contributed by atoms with E-state index >= 15 is 0 Å². The first kappa shape index (κ1) is 17.2. The highest BCUT2D eigenvalue weighted by Gasteiger charge is 2.08. The second-order valence-electron chi connectivity index (χ2n) is 5.59. The lowest BCUT2D eigenvalue weighted by Crippen LogP contribution is -2.12. The average Bonchev–Trinajstić information content (AvgIpc) is 2.68.